The quantitative estimate of drug-likeness (QED) is 0.768. The van der Waals surface area contributed by atoms with Crippen LogP contribution < -0.4 is 5.90 Å². The Hall–Kier alpha value is -0.910. The number of aryl methyl sites for hydroxylation is 1. The van der Waals surface area contributed by atoms with Crippen molar-refractivity contribution in [2.24, 2.45) is 12.9 Å². The van der Waals surface area contributed by atoms with E-state index >= 15 is 0 Å². The Bertz CT molecular complexity index is 332. The Kier molecular flexibility index (Phi) is 3.93. The van der Waals surface area contributed by atoms with Crippen LogP contribution in [0, 0.1) is 0 Å². The lowest BCUT2D eigenvalue weighted by Gasteiger charge is -2.21. The molecule has 0 amide bonds. The highest BCUT2D eigenvalue weighted by molar-refractivity contribution is 5.21. The topological polar surface area (TPSA) is 62.3 Å². The third kappa shape index (κ3) is 2.61. The van der Waals surface area contributed by atoms with Crippen molar-refractivity contribution in [3.63, 3.8) is 0 Å². The van der Waals surface area contributed by atoms with Crippen molar-refractivity contribution in [3.8, 4) is 0 Å². The van der Waals surface area contributed by atoms with Crippen LogP contribution in [0.4, 0.5) is 0 Å². The molecule has 0 unspecified atom stereocenters. The minimum atomic E-state index is 0.530. The molecule has 1 fully saturated rings. The van der Waals surface area contributed by atoms with E-state index in [9.17, 15) is 0 Å². The highest BCUT2D eigenvalue weighted by atomic mass is 16.6. The number of ether oxygens (including phenoxy) is 1. The molecule has 2 N–H and O–H groups in total. The first kappa shape index (κ1) is 11.6. The average molecular weight is 225 g/mol. The molecule has 1 saturated heterocycles. The summed E-state index contributed by atoms with van der Waals surface area (Å²) in [5.41, 5.74) is 2.45. The highest BCUT2D eigenvalue weighted by Crippen LogP contribution is 2.28. The van der Waals surface area contributed by atoms with Crippen LogP contribution in [0.5, 0.6) is 0 Å². The fourth-order valence-electron chi connectivity index (χ4n) is 2.23. The summed E-state index contributed by atoms with van der Waals surface area (Å²) < 4.78 is 7.24. The van der Waals surface area contributed by atoms with Crippen LogP contribution in [0.25, 0.3) is 0 Å². The maximum absolute atomic E-state index is 5.37. The minimum absolute atomic E-state index is 0.530. The molecular weight excluding hydrogens is 206 g/mol. The third-order valence-corrected chi connectivity index (χ3v) is 3.03. The summed E-state index contributed by atoms with van der Waals surface area (Å²) in [4.78, 5) is 4.64. The van der Waals surface area contributed by atoms with Gasteiger partial charge >= 0.3 is 0 Å². The highest BCUT2D eigenvalue weighted by Gasteiger charge is 2.21. The van der Waals surface area contributed by atoms with Gasteiger partial charge in [-0.05, 0) is 18.4 Å². The number of hydrogen-bond acceptors (Lipinski definition) is 4. The molecule has 0 radical (unpaired) electrons. The molecule has 0 aromatic carbocycles. The smallest absolute Gasteiger partial charge is 0.0720 e. The van der Waals surface area contributed by atoms with Gasteiger partial charge in [-0.15, -0.1) is 0 Å². The van der Waals surface area contributed by atoms with Gasteiger partial charge in [0.2, 0.25) is 0 Å². The lowest BCUT2D eigenvalue weighted by Crippen LogP contribution is -2.16. The SMILES string of the molecule is Cn1cc(CCON)c(C2CCOCC2)n1. The zero-order chi connectivity index (χ0) is 11.4. The number of rotatable bonds is 4. The van der Waals surface area contributed by atoms with Gasteiger partial charge in [-0.2, -0.15) is 5.10 Å². The summed E-state index contributed by atoms with van der Waals surface area (Å²) in [5.74, 6) is 5.59. The molecule has 90 valence electrons. The second-order valence-electron chi connectivity index (χ2n) is 4.22. The Balaban J connectivity index is 2.10. The van der Waals surface area contributed by atoms with Crippen LogP contribution in [-0.2, 0) is 23.0 Å². The van der Waals surface area contributed by atoms with E-state index in [0.717, 1.165) is 32.5 Å². The fraction of sp³-hybridized carbons (Fsp3) is 0.727. The molecule has 0 saturated carbocycles. The summed E-state index contributed by atoms with van der Waals surface area (Å²) >= 11 is 0. The van der Waals surface area contributed by atoms with E-state index in [1.807, 2.05) is 11.7 Å². The molecule has 0 aliphatic carbocycles. The van der Waals surface area contributed by atoms with Crippen LogP contribution in [-0.4, -0.2) is 29.6 Å². The zero-order valence-electron chi connectivity index (χ0n) is 9.69. The molecule has 16 heavy (non-hydrogen) atoms. The molecule has 2 rings (SSSR count). The van der Waals surface area contributed by atoms with Gasteiger partial charge in [0.1, 0.15) is 0 Å². The van der Waals surface area contributed by atoms with E-state index in [4.69, 9.17) is 10.6 Å². The van der Waals surface area contributed by atoms with Crippen molar-refractivity contribution >= 4 is 0 Å². The fourth-order valence-corrected chi connectivity index (χ4v) is 2.23. The first-order chi connectivity index (χ1) is 7.81. The molecule has 5 nitrogen and oxygen atoms in total. The molecule has 1 aromatic rings. The normalized spacial score (nSPS) is 17.9. The first-order valence-corrected chi connectivity index (χ1v) is 5.73. The second kappa shape index (κ2) is 5.43. The van der Waals surface area contributed by atoms with Crippen LogP contribution >= 0.6 is 0 Å². The van der Waals surface area contributed by atoms with Gasteiger partial charge in [-0.3, -0.25) is 4.68 Å². The van der Waals surface area contributed by atoms with E-state index in [-0.39, 0.29) is 0 Å². The van der Waals surface area contributed by atoms with Gasteiger partial charge < -0.3 is 9.57 Å². The van der Waals surface area contributed by atoms with E-state index in [1.54, 1.807) is 0 Å². The van der Waals surface area contributed by atoms with Crippen LogP contribution in [0.1, 0.15) is 30.0 Å². The van der Waals surface area contributed by atoms with Crippen molar-refractivity contribution in [2.75, 3.05) is 19.8 Å². The monoisotopic (exact) mass is 225 g/mol. The van der Waals surface area contributed by atoms with E-state index in [0.29, 0.717) is 12.5 Å². The van der Waals surface area contributed by atoms with Gasteiger partial charge in [-0.25, -0.2) is 5.90 Å². The predicted molar refractivity (Wildman–Crippen MR) is 59.8 cm³/mol. The van der Waals surface area contributed by atoms with Crippen molar-refractivity contribution in [1.29, 1.82) is 0 Å². The third-order valence-electron chi connectivity index (χ3n) is 3.03. The molecule has 1 aliphatic heterocycles. The van der Waals surface area contributed by atoms with Crippen molar-refractivity contribution in [2.45, 2.75) is 25.2 Å². The number of nitrogens with zero attached hydrogens (tertiary/aromatic N) is 2. The van der Waals surface area contributed by atoms with Crippen molar-refractivity contribution in [1.82, 2.24) is 9.78 Å². The standard InChI is InChI=1S/C11H19N3O2/c1-14-8-10(4-7-16-12)11(13-14)9-2-5-15-6-3-9/h8-9H,2-7,12H2,1H3. The van der Waals surface area contributed by atoms with E-state index < -0.39 is 0 Å². The minimum Gasteiger partial charge on any atom is -0.381 e. The Morgan fingerprint density at radius 2 is 2.31 bits per heavy atom. The van der Waals surface area contributed by atoms with Gasteiger partial charge in [0.25, 0.3) is 0 Å². The molecule has 0 bridgehead atoms. The Morgan fingerprint density at radius 1 is 1.56 bits per heavy atom. The van der Waals surface area contributed by atoms with Crippen LogP contribution in [0.2, 0.25) is 0 Å². The number of hydrogen-bond donors (Lipinski definition) is 1. The average Bonchev–Trinajstić information content (AvgIpc) is 2.69. The van der Waals surface area contributed by atoms with E-state index in [2.05, 4.69) is 16.1 Å². The van der Waals surface area contributed by atoms with Crippen LogP contribution in [0.15, 0.2) is 6.20 Å². The zero-order valence-corrected chi connectivity index (χ0v) is 9.69. The lowest BCUT2D eigenvalue weighted by molar-refractivity contribution is 0.0840. The van der Waals surface area contributed by atoms with Crippen molar-refractivity contribution in [3.05, 3.63) is 17.5 Å². The maximum Gasteiger partial charge on any atom is 0.0720 e. The summed E-state index contributed by atoms with van der Waals surface area (Å²) in [6.07, 6.45) is 5.02. The molecular formula is C11H19N3O2. The molecule has 5 heteroatoms. The predicted octanol–water partition coefficient (Wildman–Crippen LogP) is 0.747. The Labute approximate surface area is 95.5 Å². The lowest BCUT2D eigenvalue weighted by atomic mass is 9.93. The molecule has 1 aliphatic rings. The number of aromatic nitrogens is 2. The molecule has 1 aromatic heterocycles. The van der Waals surface area contributed by atoms with Gasteiger partial charge in [-0.1, -0.05) is 0 Å². The van der Waals surface area contributed by atoms with Crippen LogP contribution in [0.3, 0.4) is 0 Å². The maximum atomic E-state index is 5.37. The molecule has 0 spiro atoms. The van der Waals surface area contributed by atoms with Gasteiger partial charge in [0.15, 0.2) is 0 Å². The second-order valence-corrected chi connectivity index (χ2v) is 4.22. The molecule has 2 heterocycles. The summed E-state index contributed by atoms with van der Waals surface area (Å²) in [7, 11) is 1.95. The summed E-state index contributed by atoms with van der Waals surface area (Å²) in [5, 5.41) is 4.55. The Morgan fingerprint density at radius 3 is 3.00 bits per heavy atom. The largest absolute Gasteiger partial charge is 0.381 e. The van der Waals surface area contributed by atoms with Gasteiger partial charge in [0, 0.05) is 38.8 Å². The van der Waals surface area contributed by atoms with E-state index in [1.165, 1.54) is 11.3 Å². The first-order valence-electron chi connectivity index (χ1n) is 5.73. The van der Waals surface area contributed by atoms with Gasteiger partial charge in [0.05, 0.1) is 12.3 Å². The molecule has 0 atom stereocenters. The summed E-state index contributed by atoms with van der Waals surface area (Å²) in [6, 6.07) is 0. The van der Waals surface area contributed by atoms with Crippen molar-refractivity contribution < 1.29 is 9.57 Å². The summed E-state index contributed by atoms with van der Waals surface area (Å²) in [6.45, 7) is 2.23. The number of nitrogens with two attached hydrogens (primary N) is 1.